The number of methoxy groups -OCH3 is 1. The van der Waals surface area contributed by atoms with Crippen LogP contribution in [0.2, 0.25) is 0 Å². The molecule has 1 aliphatic heterocycles. The van der Waals surface area contributed by atoms with Crippen LogP contribution in [0.15, 0.2) is 4.99 Å². The van der Waals surface area contributed by atoms with Crippen LogP contribution in [0.5, 0.6) is 0 Å². The van der Waals surface area contributed by atoms with Gasteiger partial charge in [-0.2, -0.15) is 0 Å². The van der Waals surface area contributed by atoms with E-state index in [0.717, 1.165) is 25.6 Å². The van der Waals surface area contributed by atoms with Crippen molar-refractivity contribution in [2.24, 2.45) is 4.99 Å². The molecule has 0 bridgehead atoms. The van der Waals surface area contributed by atoms with Crippen molar-refractivity contribution in [1.82, 2.24) is 15.5 Å². The maximum Gasteiger partial charge on any atom is 0.191 e. The highest BCUT2D eigenvalue weighted by Gasteiger charge is 2.16. The average Bonchev–Trinajstić information content (AvgIpc) is 2.71. The second-order valence-corrected chi connectivity index (χ2v) is 6.07. The fraction of sp³-hybridized carbons (Fsp3) is 0.933. The molecule has 1 fully saturated rings. The lowest BCUT2D eigenvalue weighted by molar-refractivity contribution is 0.0268. The molecule has 0 aromatic rings. The first-order valence-corrected chi connectivity index (χ1v) is 7.79. The average molecular weight is 284 g/mol. The third kappa shape index (κ3) is 7.10. The summed E-state index contributed by atoms with van der Waals surface area (Å²) >= 11 is 0. The Morgan fingerprint density at radius 1 is 1.15 bits per heavy atom. The van der Waals surface area contributed by atoms with Crippen molar-refractivity contribution in [3.8, 4) is 0 Å². The fourth-order valence-corrected chi connectivity index (χ4v) is 2.28. The van der Waals surface area contributed by atoms with Crippen molar-refractivity contribution in [2.45, 2.75) is 45.1 Å². The molecule has 1 saturated heterocycles. The number of aliphatic imine (C=N–C) groups is 1. The van der Waals surface area contributed by atoms with E-state index in [9.17, 15) is 0 Å². The van der Waals surface area contributed by atoms with Gasteiger partial charge < -0.3 is 20.3 Å². The summed E-state index contributed by atoms with van der Waals surface area (Å²) in [4.78, 5) is 6.79. The number of hydrogen-bond acceptors (Lipinski definition) is 3. The summed E-state index contributed by atoms with van der Waals surface area (Å²) in [6, 6.07) is 0. The van der Waals surface area contributed by atoms with Gasteiger partial charge in [-0.1, -0.05) is 12.8 Å². The van der Waals surface area contributed by atoms with Gasteiger partial charge in [0.05, 0.1) is 5.60 Å². The van der Waals surface area contributed by atoms with Gasteiger partial charge >= 0.3 is 0 Å². The van der Waals surface area contributed by atoms with Gasteiger partial charge in [-0.25, -0.2) is 0 Å². The van der Waals surface area contributed by atoms with Crippen LogP contribution in [0.3, 0.4) is 0 Å². The molecule has 0 radical (unpaired) electrons. The van der Waals surface area contributed by atoms with Crippen LogP contribution in [0.25, 0.3) is 0 Å². The molecule has 5 heteroatoms. The first-order valence-electron chi connectivity index (χ1n) is 7.79. The molecule has 20 heavy (non-hydrogen) atoms. The number of hydrogen-bond donors (Lipinski definition) is 2. The highest BCUT2D eigenvalue weighted by Crippen LogP contribution is 2.08. The van der Waals surface area contributed by atoms with Crippen LogP contribution >= 0.6 is 0 Å². The molecule has 0 amide bonds. The monoisotopic (exact) mass is 284 g/mol. The Morgan fingerprint density at radius 3 is 2.35 bits per heavy atom. The van der Waals surface area contributed by atoms with Gasteiger partial charge in [-0.05, 0) is 39.8 Å². The third-order valence-electron chi connectivity index (χ3n) is 3.88. The SMILES string of the molecule is CN=C(NCCN1CCCCCC1)NCC(C)(C)OC. The van der Waals surface area contributed by atoms with Crippen molar-refractivity contribution in [2.75, 3.05) is 46.9 Å². The highest BCUT2D eigenvalue weighted by atomic mass is 16.5. The fourth-order valence-electron chi connectivity index (χ4n) is 2.28. The smallest absolute Gasteiger partial charge is 0.191 e. The van der Waals surface area contributed by atoms with Crippen LogP contribution in [-0.4, -0.2) is 63.3 Å². The number of nitrogens with zero attached hydrogens (tertiary/aromatic N) is 2. The Labute approximate surface area is 124 Å². The topological polar surface area (TPSA) is 48.9 Å². The maximum absolute atomic E-state index is 5.39. The first kappa shape index (κ1) is 17.2. The summed E-state index contributed by atoms with van der Waals surface area (Å²) in [5, 5.41) is 6.68. The summed E-state index contributed by atoms with van der Waals surface area (Å²) in [7, 11) is 3.54. The van der Waals surface area contributed by atoms with Crippen molar-refractivity contribution in [3.63, 3.8) is 0 Å². The zero-order valence-corrected chi connectivity index (χ0v) is 13.7. The Bertz CT molecular complexity index is 284. The van der Waals surface area contributed by atoms with Crippen molar-refractivity contribution in [3.05, 3.63) is 0 Å². The molecule has 0 aromatic heterocycles. The predicted molar refractivity (Wildman–Crippen MR) is 85.4 cm³/mol. The molecular formula is C15H32N4O. The maximum atomic E-state index is 5.39. The lowest BCUT2D eigenvalue weighted by atomic mass is 10.1. The lowest BCUT2D eigenvalue weighted by Gasteiger charge is -2.25. The van der Waals surface area contributed by atoms with E-state index >= 15 is 0 Å². The Hall–Kier alpha value is -0.810. The van der Waals surface area contributed by atoms with Gasteiger partial charge in [0.2, 0.25) is 0 Å². The minimum Gasteiger partial charge on any atom is -0.377 e. The molecule has 1 aliphatic rings. The zero-order chi connectivity index (χ0) is 14.8. The molecule has 1 rings (SSSR count). The van der Waals surface area contributed by atoms with Crippen molar-refractivity contribution >= 4 is 5.96 Å². The summed E-state index contributed by atoms with van der Waals surface area (Å²) in [5.41, 5.74) is -0.178. The predicted octanol–water partition coefficient (Wildman–Crippen LogP) is 1.45. The first-order chi connectivity index (χ1) is 9.57. The molecular weight excluding hydrogens is 252 g/mol. The Balaban J connectivity index is 2.21. The van der Waals surface area contributed by atoms with Crippen molar-refractivity contribution < 1.29 is 4.74 Å². The Morgan fingerprint density at radius 2 is 1.80 bits per heavy atom. The molecule has 118 valence electrons. The molecule has 1 heterocycles. The number of rotatable bonds is 6. The van der Waals surface area contributed by atoms with E-state index in [1.54, 1.807) is 14.2 Å². The van der Waals surface area contributed by atoms with Gasteiger partial charge in [0.15, 0.2) is 5.96 Å². The second kappa shape index (κ2) is 9.19. The normalized spacial score (nSPS) is 18.7. The number of ether oxygens (including phenoxy) is 1. The number of guanidine groups is 1. The van der Waals surface area contributed by atoms with Gasteiger partial charge in [0, 0.05) is 33.8 Å². The standard InChI is InChI=1S/C15H32N4O/c1-15(2,20-4)13-18-14(16-3)17-9-12-19-10-7-5-6-8-11-19/h5-13H2,1-4H3,(H2,16,17,18). The van der Waals surface area contributed by atoms with E-state index in [-0.39, 0.29) is 5.60 Å². The summed E-state index contributed by atoms with van der Waals surface area (Å²) in [5.74, 6) is 0.852. The molecule has 2 N–H and O–H groups in total. The number of nitrogens with one attached hydrogen (secondary N) is 2. The minimum absolute atomic E-state index is 0.178. The van der Waals surface area contributed by atoms with Gasteiger partial charge in [-0.3, -0.25) is 4.99 Å². The van der Waals surface area contributed by atoms with Gasteiger partial charge in [0.25, 0.3) is 0 Å². The molecule has 0 atom stereocenters. The summed E-state index contributed by atoms with van der Waals surface area (Å²) in [6.07, 6.45) is 5.46. The number of likely N-dealkylation sites (tertiary alicyclic amines) is 1. The van der Waals surface area contributed by atoms with E-state index in [1.807, 2.05) is 0 Å². The molecule has 0 saturated carbocycles. The zero-order valence-electron chi connectivity index (χ0n) is 13.7. The molecule has 0 spiro atoms. The largest absolute Gasteiger partial charge is 0.377 e. The molecule has 5 nitrogen and oxygen atoms in total. The van der Waals surface area contributed by atoms with E-state index < -0.39 is 0 Å². The van der Waals surface area contributed by atoms with E-state index in [0.29, 0.717) is 0 Å². The Kier molecular flexibility index (Phi) is 7.92. The second-order valence-electron chi connectivity index (χ2n) is 6.07. The van der Waals surface area contributed by atoms with Crippen LogP contribution in [-0.2, 0) is 4.74 Å². The molecule has 0 aromatic carbocycles. The summed E-state index contributed by atoms with van der Waals surface area (Å²) in [6.45, 7) is 9.37. The van der Waals surface area contributed by atoms with Crippen LogP contribution in [0.4, 0.5) is 0 Å². The lowest BCUT2D eigenvalue weighted by Crippen LogP contribution is -2.47. The van der Waals surface area contributed by atoms with Gasteiger partial charge in [0.1, 0.15) is 0 Å². The molecule has 0 unspecified atom stereocenters. The quantitative estimate of drug-likeness (QED) is 0.572. The third-order valence-corrected chi connectivity index (χ3v) is 3.88. The van der Waals surface area contributed by atoms with E-state index in [1.165, 1.54) is 38.8 Å². The van der Waals surface area contributed by atoms with E-state index in [4.69, 9.17) is 4.74 Å². The van der Waals surface area contributed by atoms with Crippen LogP contribution in [0.1, 0.15) is 39.5 Å². The van der Waals surface area contributed by atoms with Crippen molar-refractivity contribution in [1.29, 1.82) is 0 Å². The van der Waals surface area contributed by atoms with Gasteiger partial charge in [-0.15, -0.1) is 0 Å². The minimum atomic E-state index is -0.178. The molecule has 0 aliphatic carbocycles. The van der Waals surface area contributed by atoms with E-state index in [2.05, 4.69) is 34.4 Å². The van der Waals surface area contributed by atoms with Crippen LogP contribution in [0, 0.1) is 0 Å². The summed E-state index contributed by atoms with van der Waals surface area (Å²) < 4.78 is 5.39. The highest BCUT2D eigenvalue weighted by molar-refractivity contribution is 5.79. The van der Waals surface area contributed by atoms with Crippen LogP contribution < -0.4 is 10.6 Å².